The van der Waals surface area contributed by atoms with Crippen molar-refractivity contribution in [2.45, 2.75) is 86.7 Å². The summed E-state index contributed by atoms with van der Waals surface area (Å²) in [5.74, 6) is 0. The molecule has 19 unspecified atom stereocenters. The Balaban J connectivity index is 4.53. The van der Waals surface area contributed by atoms with Gasteiger partial charge >= 0.3 is 78.2 Å². The predicted molar refractivity (Wildman–Crippen MR) is 312 cm³/mol. The van der Waals surface area contributed by atoms with E-state index in [2.05, 4.69) is 86.0 Å². The van der Waals surface area contributed by atoms with Gasteiger partial charge in [-0.05, 0) is 19.4 Å². The van der Waals surface area contributed by atoms with Gasteiger partial charge in [-0.3, -0.25) is 90.5 Å². The molecule has 0 aliphatic carbocycles. The van der Waals surface area contributed by atoms with Crippen molar-refractivity contribution in [2.24, 2.45) is 5.73 Å². The molecule has 0 rings (SSSR count). The molecule has 0 aromatic heterocycles. The zero-order valence-electron chi connectivity index (χ0n) is 50.8. The van der Waals surface area contributed by atoms with Crippen LogP contribution in [0.15, 0.2) is 0 Å². The van der Waals surface area contributed by atoms with Gasteiger partial charge in [0.2, 0.25) is 0 Å². The molecule has 0 spiro atoms. The summed E-state index contributed by atoms with van der Waals surface area (Å²) in [5, 5.41) is 107. The van der Waals surface area contributed by atoms with Crippen LogP contribution >= 0.6 is 78.2 Å². The van der Waals surface area contributed by atoms with Gasteiger partial charge in [0.15, 0.2) is 0 Å². The zero-order valence-corrected chi connectivity index (χ0v) is 59.8. The number of nitrogens with two attached hydrogens (primary N) is 1. The number of aliphatic hydroxyl groups excluding tert-OH is 11. The molecule has 0 aromatic carbocycles. The highest BCUT2D eigenvalue weighted by Crippen LogP contribution is 2.51. The minimum Gasteiger partial charge on any atom is -0.394 e. The van der Waals surface area contributed by atoms with E-state index in [0.717, 1.165) is 12.8 Å². The Morgan fingerprint density at radius 3 is 0.459 bits per heavy atom. The van der Waals surface area contributed by atoms with Crippen LogP contribution < -0.4 is 5.73 Å². The lowest BCUT2D eigenvalue weighted by atomic mass is 10.2. The quantitative estimate of drug-likeness (QED) is 0.0201. The molecule has 0 aliphatic rings. The van der Waals surface area contributed by atoms with Crippen molar-refractivity contribution in [1.29, 1.82) is 0 Å². The first-order valence-corrected chi connectivity index (χ1v) is 42.2. The third kappa shape index (κ3) is 56.0. The fourth-order valence-electron chi connectivity index (χ4n) is 5.06. The third-order valence-corrected chi connectivity index (χ3v) is 19.3. The Morgan fingerprint density at radius 1 is 0.204 bits per heavy atom. The molecular weight excluding hydrogens is 1570 g/mol. The third-order valence-electron chi connectivity index (χ3n) is 9.73. The predicted octanol–water partition coefficient (Wildman–Crippen LogP) is -4.56. The first kappa shape index (κ1) is 98.6. The Kier molecular flexibility index (Phi) is 49.1. The van der Waals surface area contributed by atoms with E-state index < -0.39 is 271 Å². The summed E-state index contributed by atoms with van der Waals surface area (Å²) in [6.07, 6.45) is -16.6. The first-order chi connectivity index (χ1) is 44.9. The molecule has 0 heterocycles. The van der Waals surface area contributed by atoms with Gasteiger partial charge in [-0.15, -0.1) is 0 Å². The minimum atomic E-state index is -5.24. The summed E-state index contributed by atoms with van der Waals surface area (Å²) in [4.78, 5) is 97.5. The standard InChI is InChI=1S/C36H85NO51P10/c37-5-3-1-2-4-6-69-89(49,50)71-9-28(40)10-73-91(53,54)75-13-30(42)14-77-93(57,58)79-17-32(44)18-81-95(61,62)83-21-34(46)22-85-97(65,66)87-25-36(48)26-88-98(67,68)86-24-35(47)23-84-96(63,64)82-20-33(45)19-80-94(59,60)78-16-31(43)15-76-92(55,56)74-12-29(41)11-72-90(51,52)70-8-27(39)7-38/h27-36,38-48H,1-26,37H2,(H,49,50)(H,51,52)(H,53,54)(H,55,56)(H,57,58)(H,59,60)(H,61,62)(H,63,64)(H,65,66)(H,67,68)/t27-,28?,29?,30?,31?,32?,33?,34?,35?,36?/m1/s1. The van der Waals surface area contributed by atoms with Crippen molar-refractivity contribution in [3.05, 3.63) is 0 Å². The van der Waals surface area contributed by atoms with Gasteiger partial charge < -0.3 is 111 Å². The lowest BCUT2D eigenvalue weighted by Crippen LogP contribution is -2.25. The largest absolute Gasteiger partial charge is 0.472 e. The molecule has 0 saturated heterocycles. The summed E-state index contributed by atoms with van der Waals surface area (Å²) in [6, 6.07) is 0. The fourth-order valence-corrected chi connectivity index (χ4v) is 13.0. The van der Waals surface area contributed by atoms with Gasteiger partial charge in [0, 0.05) is 0 Å². The average molecular weight is 1660 g/mol. The van der Waals surface area contributed by atoms with Crippen molar-refractivity contribution in [2.75, 3.05) is 145 Å². The summed E-state index contributed by atoms with van der Waals surface area (Å²) in [5.41, 5.74) is 5.37. The molecule has 23 N–H and O–H groups in total. The van der Waals surface area contributed by atoms with Crippen molar-refractivity contribution in [3.63, 3.8) is 0 Å². The van der Waals surface area contributed by atoms with Crippen LogP contribution in [0.1, 0.15) is 25.7 Å². The van der Waals surface area contributed by atoms with E-state index in [1.807, 2.05) is 0 Å². The number of phosphoric ester groups is 10. The second-order valence-electron chi connectivity index (χ2n) is 19.1. The number of phosphoric acid groups is 10. The van der Waals surface area contributed by atoms with Crippen LogP contribution in [-0.4, -0.2) is 311 Å². The number of hydrogen-bond acceptors (Lipinski definition) is 42. The van der Waals surface area contributed by atoms with E-state index in [1.54, 1.807) is 0 Å². The lowest BCUT2D eigenvalue weighted by molar-refractivity contribution is -0.00165. The molecule has 0 fully saturated rings. The summed E-state index contributed by atoms with van der Waals surface area (Å²) < 4.78 is 210. The Hall–Kier alpha value is 0.620. The number of unbranched alkanes of at least 4 members (excludes halogenated alkanes) is 3. The highest BCUT2D eigenvalue weighted by atomic mass is 31.2. The van der Waals surface area contributed by atoms with E-state index in [4.69, 9.17) is 20.5 Å². The van der Waals surface area contributed by atoms with Gasteiger partial charge in [0.25, 0.3) is 0 Å². The molecule has 62 heteroatoms. The topological polar surface area (TPSA) is 806 Å². The van der Waals surface area contributed by atoms with Crippen LogP contribution in [0.4, 0.5) is 0 Å². The second-order valence-corrected chi connectivity index (χ2v) is 33.6. The molecule has 0 aromatic rings. The number of rotatable bonds is 65. The van der Waals surface area contributed by atoms with E-state index in [9.17, 15) is 141 Å². The molecular formula is C36H85NO51P10. The average Bonchev–Trinajstić information content (AvgIpc) is 1.31. The number of aliphatic hydroxyl groups is 11. The highest BCUT2D eigenvalue weighted by Gasteiger charge is 2.35. The molecule has 0 saturated carbocycles. The van der Waals surface area contributed by atoms with Gasteiger partial charge in [-0.1, -0.05) is 12.8 Å². The normalized spacial score (nSPS) is 21.8. The van der Waals surface area contributed by atoms with Crippen molar-refractivity contribution in [3.8, 4) is 0 Å². The lowest BCUT2D eigenvalue weighted by Gasteiger charge is -2.20. The minimum absolute atomic E-state index is 0.149. The molecule has 0 aliphatic heterocycles. The second kappa shape index (κ2) is 48.8. The smallest absolute Gasteiger partial charge is 0.394 e. The van der Waals surface area contributed by atoms with Gasteiger partial charge in [0.05, 0.1) is 139 Å². The van der Waals surface area contributed by atoms with Gasteiger partial charge in [-0.25, -0.2) is 45.7 Å². The summed E-state index contributed by atoms with van der Waals surface area (Å²) in [6.45, 7) is -21.8. The highest BCUT2D eigenvalue weighted by molar-refractivity contribution is 7.49. The van der Waals surface area contributed by atoms with Crippen molar-refractivity contribution >= 4 is 78.2 Å². The Labute approximate surface area is 555 Å². The van der Waals surface area contributed by atoms with Crippen LogP contribution in [0.25, 0.3) is 0 Å². The van der Waals surface area contributed by atoms with E-state index in [1.165, 1.54) is 0 Å². The molecule has 0 bridgehead atoms. The van der Waals surface area contributed by atoms with Crippen LogP contribution in [-0.2, 0) is 136 Å². The van der Waals surface area contributed by atoms with E-state index in [0.29, 0.717) is 19.4 Å². The molecule has 52 nitrogen and oxygen atoms in total. The van der Waals surface area contributed by atoms with Gasteiger partial charge in [0.1, 0.15) is 61.0 Å². The molecule has 0 amide bonds. The monoisotopic (exact) mass is 1660 g/mol. The molecule has 0 radical (unpaired) electrons. The van der Waals surface area contributed by atoms with Crippen LogP contribution in [0, 0.1) is 0 Å². The van der Waals surface area contributed by atoms with Crippen LogP contribution in [0.3, 0.4) is 0 Å². The fraction of sp³-hybridized carbons (Fsp3) is 1.00. The number of hydrogen-bond donors (Lipinski definition) is 22. The van der Waals surface area contributed by atoms with Crippen molar-refractivity contribution in [1.82, 2.24) is 0 Å². The maximum absolute atomic E-state index is 12.2. The molecule has 20 atom stereocenters. The Morgan fingerprint density at radius 2 is 0.327 bits per heavy atom. The first-order valence-electron chi connectivity index (χ1n) is 27.2. The maximum atomic E-state index is 12.2. The van der Waals surface area contributed by atoms with Gasteiger partial charge in [-0.2, -0.15) is 0 Å². The van der Waals surface area contributed by atoms with E-state index >= 15 is 0 Å². The van der Waals surface area contributed by atoms with Crippen molar-refractivity contribution < 1.29 is 241 Å². The molecule has 590 valence electrons. The SMILES string of the molecule is NCCCCCCOP(=O)(O)OCC(O)COP(=O)(O)OCC(O)COP(=O)(O)OCC(O)COP(=O)(O)OCC(O)COP(=O)(O)OCC(O)COP(=O)(O)OCC(O)COP(=O)(O)OCC(O)COP(=O)(O)OCC(O)COP(=O)(O)OCC(O)COP(=O)(O)OC[C@H](O)CO. The maximum Gasteiger partial charge on any atom is 0.472 e. The van der Waals surface area contributed by atoms with Crippen LogP contribution in [0.5, 0.6) is 0 Å². The van der Waals surface area contributed by atoms with Crippen LogP contribution in [0.2, 0.25) is 0 Å². The molecule has 98 heavy (non-hydrogen) atoms. The summed E-state index contributed by atoms with van der Waals surface area (Å²) in [7, 11) is -50.9. The zero-order chi connectivity index (χ0) is 75.3. The Bertz CT molecular complexity index is 2710. The summed E-state index contributed by atoms with van der Waals surface area (Å²) >= 11 is 0. The van der Waals surface area contributed by atoms with E-state index in [-0.39, 0.29) is 6.61 Å².